The van der Waals surface area contributed by atoms with Crippen molar-refractivity contribution in [2.75, 3.05) is 0 Å². The lowest BCUT2D eigenvalue weighted by Gasteiger charge is -2.21. The van der Waals surface area contributed by atoms with Crippen LogP contribution in [0.25, 0.3) is 0 Å². The van der Waals surface area contributed by atoms with E-state index < -0.39 is 0 Å². The average molecular weight is 205 g/mol. The van der Waals surface area contributed by atoms with Gasteiger partial charge in [0.05, 0.1) is 0 Å². The maximum Gasteiger partial charge on any atom is 0.0296 e. The molecule has 0 fully saturated rings. The molecule has 1 N–H and O–H groups in total. The van der Waals surface area contributed by atoms with E-state index in [1.807, 2.05) is 0 Å². The number of hydrogen-bond acceptors (Lipinski definition) is 1. The first-order valence-electron chi connectivity index (χ1n) is 5.96. The first kappa shape index (κ1) is 12.3. The molecule has 1 rings (SSSR count). The second kappa shape index (κ2) is 5.92. The molecule has 0 aliphatic heterocycles. The molecule has 1 nitrogen and oxygen atoms in total. The van der Waals surface area contributed by atoms with Crippen LogP contribution in [0.2, 0.25) is 0 Å². The lowest BCUT2D eigenvalue weighted by atomic mass is 10.0. The number of rotatable bonds is 5. The summed E-state index contributed by atoms with van der Waals surface area (Å²) in [6.45, 7) is 8.92. The zero-order chi connectivity index (χ0) is 11.3. The highest BCUT2D eigenvalue weighted by Crippen LogP contribution is 2.17. The SMILES string of the molecule is CCCC(C)N[C@@H](C)c1ccccc1C. The normalized spacial score (nSPS) is 14.9. The lowest BCUT2D eigenvalue weighted by molar-refractivity contribution is 0.452. The summed E-state index contributed by atoms with van der Waals surface area (Å²) < 4.78 is 0. The average Bonchev–Trinajstić information content (AvgIpc) is 2.18. The Labute approximate surface area is 93.9 Å². The molecule has 15 heavy (non-hydrogen) atoms. The quantitative estimate of drug-likeness (QED) is 0.770. The van der Waals surface area contributed by atoms with E-state index in [0.717, 1.165) is 0 Å². The first-order valence-corrected chi connectivity index (χ1v) is 5.96. The monoisotopic (exact) mass is 205 g/mol. The molecule has 1 heteroatoms. The molecular formula is C14H23N. The van der Waals surface area contributed by atoms with Gasteiger partial charge in [0.2, 0.25) is 0 Å². The highest BCUT2D eigenvalue weighted by molar-refractivity contribution is 5.28. The summed E-state index contributed by atoms with van der Waals surface area (Å²) in [4.78, 5) is 0. The Morgan fingerprint density at radius 2 is 1.87 bits per heavy atom. The molecular weight excluding hydrogens is 182 g/mol. The van der Waals surface area contributed by atoms with Crippen LogP contribution < -0.4 is 5.32 Å². The van der Waals surface area contributed by atoms with Gasteiger partial charge in [0, 0.05) is 12.1 Å². The summed E-state index contributed by atoms with van der Waals surface area (Å²) in [6, 6.07) is 9.66. The molecule has 0 bridgehead atoms. The third-order valence-electron chi connectivity index (χ3n) is 2.91. The fourth-order valence-electron chi connectivity index (χ4n) is 2.11. The molecule has 0 aliphatic rings. The summed E-state index contributed by atoms with van der Waals surface area (Å²) in [6.07, 6.45) is 2.49. The van der Waals surface area contributed by atoms with Crippen molar-refractivity contribution in [3.63, 3.8) is 0 Å². The maximum absolute atomic E-state index is 3.64. The third-order valence-corrected chi connectivity index (χ3v) is 2.91. The van der Waals surface area contributed by atoms with E-state index in [4.69, 9.17) is 0 Å². The van der Waals surface area contributed by atoms with Crippen molar-refractivity contribution in [1.29, 1.82) is 0 Å². The van der Waals surface area contributed by atoms with Crippen LogP contribution >= 0.6 is 0 Å². The van der Waals surface area contributed by atoms with Gasteiger partial charge in [0.1, 0.15) is 0 Å². The van der Waals surface area contributed by atoms with Crippen LogP contribution in [0.5, 0.6) is 0 Å². The van der Waals surface area contributed by atoms with Gasteiger partial charge in [-0.05, 0) is 38.3 Å². The van der Waals surface area contributed by atoms with Gasteiger partial charge in [-0.25, -0.2) is 0 Å². The van der Waals surface area contributed by atoms with Gasteiger partial charge < -0.3 is 5.32 Å². The van der Waals surface area contributed by atoms with Crippen molar-refractivity contribution < 1.29 is 0 Å². The minimum absolute atomic E-state index is 0.452. The van der Waals surface area contributed by atoms with Gasteiger partial charge in [0.25, 0.3) is 0 Å². The Bertz CT molecular complexity index is 293. The van der Waals surface area contributed by atoms with Crippen LogP contribution in [0.1, 0.15) is 50.8 Å². The zero-order valence-electron chi connectivity index (χ0n) is 10.4. The fraction of sp³-hybridized carbons (Fsp3) is 0.571. The number of benzene rings is 1. The number of hydrogen-bond donors (Lipinski definition) is 1. The molecule has 0 radical (unpaired) electrons. The minimum atomic E-state index is 0.452. The first-order chi connectivity index (χ1) is 7.15. The molecule has 1 aromatic carbocycles. The Morgan fingerprint density at radius 3 is 2.47 bits per heavy atom. The molecule has 0 aromatic heterocycles. The van der Waals surface area contributed by atoms with Crippen molar-refractivity contribution in [2.24, 2.45) is 0 Å². The van der Waals surface area contributed by atoms with Crippen LogP contribution in [0.15, 0.2) is 24.3 Å². The van der Waals surface area contributed by atoms with Crippen LogP contribution in [-0.4, -0.2) is 6.04 Å². The number of nitrogens with one attached hydrogen (secondary N) is 1. The molecule has 2 atom stereocenters. The largest absolute Gasteiger partial charge is 0.308 e. The Balaban J connectivity index is 2.61. The van der Waals surface area contributed by atoms with Crippen LogP contribution in [0.4, 0.5) is 0 Å². The summed E-state index contributed by atoms with van der Waals surface area (Å²) in [7, 11) is 0. The molecule has 84 valence electrons. The standard InChI is InChI=1S/C14H23N/c1-5-8-12(3)15-13(4)14-10-7-6-9-11(14)2/h6-7,9-10,12-13,15H,5,8H2,1-4H3/t12?,13-/m0/s1. The fourth-order valence-corrected chi connectivity index (χ4v) is 2.11. The summed E-state index contributed by atoms with van der Waals surface area (Å²) in [5.41, 5.74) is 2.79. The molecule has 0 aliphatic carbocycles. The second-order valence-corrected chi connectivity index (χ2v) is 4.43. The Morgan fingerprint density at radius 1 is 1.20 bits per heavy atom. The van der Waals surface area contributed by atoms with Crippen LogP contribution in [0, 0.1) is 6.92 Å². The molecule has 1 aromatic rings. The van der Waals surface area contributed by atoms with Crippen molar-refractivity contribution in [3.8, 4) is 0 Å². The van der Waals surface area contributed by atoms with Crippen LogP contribution in [-0.2, 0) is 0 Å². The number of aryl methyl sites for hydroxylation is 1. The molecule has 1 unspecified atom stereocenters. The van der Waals surface area contributed by atoms with Crippen molar-refractivity contribution >= 4 is 0 Å². The third kappa shape index (κ3) is 3.67. The smallest absolute Gasteiger partial charge is 0.0296 e. The highest BCUT2D eigenvalue weighted by atomic mass is 14.9. The molecule has 0 spiro atoms. The Kier molecular flexibility index (Phi) is 4.83. The van der Waals surface area contributed by atoms with Gasteiger partial charge >= 0.3 is 0 Å². The minimum Gasteiger partial charge on any atom is -0.308 e. The van der Waals surface area contributed by atoms with Crippen molar-refractivity contribution in [3.05, 3.63) is 35.4 Å². The van der Waals surface area contributed by atoms with E-state index >= 15 is 0 Å². The summed E-state index contributed by atoms with van der Waals surface area (Å²) in [5.74, 6) is 0. The second-order valence-electron chi connectivity index (χ2n) is 4.43. The van der Waals surface area contributed by atoms with E-state index in [-0.39, 0.29) is 0 Å². The summed E-state index contributed by atoms with van der Waals surface area (Å²) >= 11 is 0. The maximum atomic E-state index is 3.64. The highest BCUT2D eigenvalue weighted by Gasteiger charge is 2.09. The van der Waals surface area contributed by atoms with E-state index in [1.165, 1.54) is 24.0 Å². The lowest BCUT2D eigenvalue weighted by Crippen LogP contribution is -2.29. The van der Waals surface area contributed by atoms with Crippen LogP contribution in [0.3, 0.4) is 0 Å². The topological polar surface area (TPSA) is 12.0 Å². The van der Waals surface area contributed by atoms with E-state index in [9.17, 15) is 0 Å². The van der Waals surface area contributed by atoms with E-state index in [2.05, 4.69) is 57.3 Å². The van der Waals surface area contributed by atoms with Gasteiger partial charge in [-0.1, -0.05) is 37.6 Å². The van der Waals surface area contributed by atoms with E-state index in [0.29, 0.717) is 12.1 Å². The Hall–Kier alpha value is -0.820. The molecule has 0 heterocycles. The molecule has 0 saturated carbocycles. The van der Waals surface area contributed by atoms with Crippen molar-refractivity contribution in [1.82, 2.24) is 5.32 Å². The van der Waals surface area contributed by atoms with E-state index in [1.54, 1.807) is 0 Å². The molecule has 0 amide bonds. The predicted octanol–water partition coefficient (Wildman–Crippen LogP) is 3.83. The van der Waals surface area contributed by atoms with Gasteiger partial charge in [-0.2, -0.15) is 0 Å². The molecule has 0 saturated heterocycles. The predicted molar refractivity (Wildman–Crippen MR) is 67.1 cm³/mol. The van der Waals surface area contributed by atoms with Gasteiger partial charge in [0.15, 0.2) is 0 Å². The van der Waals surface area contributed by atoms with Gasteiger partial charge in [-0.15, -0.1) is 0 Å². The van der Waals surface area contributed by atoms with Crippen molar-refractivity contribution in [2.45, 2.75) is 52.6 Å². The van der Waals surface area contributed by atoms with Gasteiger partial charge in [-0.3, -0.25) is 0 Å². The summed E-state index contributed by atoms with van der Waals surface area (Å²) in [5, 5.41) is 3.64. The zero-order valence-corrected chi connectivity index (χ0v) is 10.4.